The van der Waals surface area contributed by atoms with E-state index in [1.54, 1.807) is 18.5 Å². The fourth-order valence-corrected chi connectivity index (χ4v) is 2.77. The van der Waals surface area contributed by atoms with Crippen molar-refractivity contribution < 1.29 is 14.7 Å². The number of amides is 1. The zero-order valence-corrected chi connectivity index (χ0v) is 16.3. The van der Waals surface area contributed by atoms with Crippen LogP contribution >= 0.6 is 12.4 Å². The Morgan fingerprint density at radius 1 is 0.966 bits per heavy atom. The molecule has 3 N–H and O–H groups in total. The third-order valence-electron chi connectivity index (χ3n) is 4.12. The molecule has 0 spiro atoms. The van der Waals surface area contributed by atoms with E-state index in [2.05, 4.69) is 20.6 Å². The lowest BCUT2D eigenvalue weighted by molar-refractivity contribution is -0.136. The van der Waals surface area contributed by atoms with E-state index in [0.29, 0.717) is 12.1 Å². The van der Waals surface area contributed by atoms with E-state index in [9.17, 15) is 9.59 Å². The zero-order valence-electron chi connectivity index (χ0n) is 15.5. The highest BCUT2D eigenvalue weighted by Gasteiger charge is 2.20. The summed E-state index contributed by atoms with van der Waals surface area (Å²) in [7, 11) is 0. The number of nitrogens with one attached hydrogen (secondary N) is 2. The van der Waals surface area contributed by atoms with Crippen LogP contribution in [0.3, 0.4) is 0 Å². The Balaban J connectivity index is 0.00000300. The lowest BCUT2D eigenvalue weighted by atomic mass is 10.0. The molecule has 2 aromatic carbocycles. The Morgan fingerprint density at radius 2 is 1.69 bits per heavy atom. The normalized spacial score (nSPS) is 11.2. The molecule has 3 aromatic rings. The van der Waals surface area contributed by atoms with Gasteiger partial charge in [-0.2, -0.15) is 0 Å². The Bertz CT molecular complexity index is 939. The van der Waals surface area contributed by atoms with Crippen LogP contribution < -0.4 is 10.6 Å². The molecule has 0 fully saturated rings. The average molecular weight is 413 g/mol. The molecule has 0 aliphatic carbocycles. The predicted octanol–water partition coefficient (Wildman–Crippen LogP) is 2.79. The molecule has 1 atom stereocenters. The summed E-state index contributed by atoms with van der Waals surface area (Å²) in [6.45, 7) is -0.299. The van der Waals surface area contributed by atoms with Crippen molar-refractivity contribution in [1.82, 2.24) is 15.3 Å². The number of halogens is 1. The molecule has 1 heterocycles. The minimum absolute atomic E-state index is 0. The van der Waals surface area contributed by atoms with Gasteiger partial charge in [0.15, 0.2) is 0 Å². The van der Waals surface area contributed by atoms with Gasteiger partial charge < -0.3 is 10.4 Å². The number of hydrogen-bond donors (Lipinski definition) is 3. The van der Waals surface area contributed by atoms with Crippen LogP contribution in [0.15, 0.2) is 73.3 Å². The molecule has 150 valence electrons. The third kappa shape index (κ3) is 6.67. The number of carbonyl (C=O) groups excluding carboxylic acids is 1. The van der Waals surface area contributed by atoms with Crippen LogP contribution in [-0.4, -0.2) is 39.5 Å². The Morgan fingerprint density at radius 3 is 2.38 bits per heavy atom. The summed E-state index contributed by atoms with van der Waals surface area (Å²) in [5.41, 5.74) is 3.26. The maximum atomic E-state index is 12.8. The summed E-state index contributed by atoms with van der Waals surface area (Å²) >= 11 is 0. The lowest BCUT2D eigenvalue weighted by Gasteiger charge is -2.18. The van der Waals surface area contributed by atoms with Gasteiger partial charge in [0, 0.05) is 23.6 Å². The van der Waals surface area contributed by atoms with Crippen LogP contribution in [0.4, 0.5) is 5.69 Å². The van der Waals surface area contributed by atoms with Gasteiger partial charge in [-0.1, -0.05) is 42.5 Å². The van der Waals surface area contributed by atoms with E-state index < -0.39 is 12.0 Å². The molecule has 8 heteroatoms. The highest BCUT2D eigenvalue weighted by Crippen LogP contribution is 2.21. The summed E-state index contributed by atoms with van der Waals surface area (Å²) in [4.78, 5) is 31.7. The van der Waals surface area contributed by atoms with Crippen molar-refractivity contribution in [2.75, 3.05) is 11.9 Å². The molecule has 0 aliphatic heterocycles. The van der Waals surface area contributed by atoms with Crippen LogP contribution in [0.5, 0.6) is 0 Å². The second-order valence-corrected chi connectivity index (χ2v) is 6.21. The molecular weight excluding hydrogens is 392 g/mol. The second-order valence-electron chi connectivity index (χ2n) is 6.21. The smallest absolute Gasteiger partial charge is 0.317 e. The van der Waals surface area contributed by atoms with Gasteiger partial charge >= 0.3 is 5.97 Å². The Kier molecular flexibility index (Phi) is 8.27. The number of aromatic nitrogens is 2. The van der Waals surface area contributed by atoms with Gasteiger partial charge in [0.2, 0.25) is 5.91 Å². The molecule has 7 nitrogen and oxygen atoms in total. The number of rotatable bonds is 8. The van der Waals surface area contributed by atoms with Gasteiger partial charge in [-0.25, -0.2) is 9.97 Å². The molecule has 0 aliphatic rings. The summed E-state index contributed by atoms with van der Waals surface area (Å²) in [6.07, 6.45) is 5.23. The van der Waals surface area contributed by atoms with E-state index in [1.807, 2.05) is 48.5 Å². The Labute approximate surface area is 174 Å². The van der Waals surface area contributed by atoms with Crippen LogP contribution in [0, 0.1) is 0 Å². The summed E-state index contributed by atoms with van der Waals surface area (Å²) in [5, 5.41) is 14.6. The maximum absolute atomic E-state index is 12.8. The minimum Gasteiger partial charge on any atom is -0.480 e. The van der Waals surface area contributed by atoms with Crippen molar-refractivity contribution >= 4 is 30.0 Å². The Hall–Kier alpha value is -3.29. The first-order valence-corrected chi connectivity index (χ1v) is 8.77. The quantitative estimate of drug-likeness (QED) is 0.525. The largest absolute Gasteiger partial charge is 0.480 e. The van der Waals surface area contributed by atoms with E-state index in [4.69, 9.17) is 5.11 Å². The van der Waals surface area contributed by atoms with Crippen molar-refractivity contribution in [3.63, 3.8) is 0 Å². The first-order valence-electron chi connectivity index (χ1n) is 8.77. The molecule has 1 amide bonds. The van der Waals surface area contributed by atoms with Crippen molar-refractivity contribution in [3.8, 4) is 11.1 Å². The number of carboxylic acids is 1. The molecule has 29 heavy (non-hydrogen) atoms. The highest BCUT2D eigenvalue weighted by atomic mass is 35.5. The average Bonchev–Trinajstić information content (AvgIpc) is 2.72. The molecule has 3 rings (SSSR count). The van der Waals surface area contributed by atoms with Crippen molar-refractivity contribution in [2.45, 2.75) is 12.5 Å². The number of carbonyl (C=O) groups is 2. The van der Waals surface area contributed by atoms with Crippen LogP contribution in [0.25, 0.3) is 11.1 Å². The molecule has 0 saturated carbocycles. The number of anilines is 1. The van der Waals surface area contributed by atoms with Crippen molar-refractivity contribution in [2.24, 2.45) is 0 Å². The summed E-state index contributed by atoms with van der Waals surface area (Å²) < 4.78 is 0. The fraction of sp³-hybridized carbons (Fsp3) is 0.143. The number of benzene rings is 2. The first kappa shape index (κ1) is 22.0. The van der Waals surface area contributed by atoms with Crippen LogP contribution in [0.2, 0.25) is 0 Å². The van der Waals surface area contributed by atoms with E-state index in [1.165, 1.54) is 6.33 Å². The SMILES string of the molecule is Cl.O=C(O)CN[C@@H](Cc1ccccc1)C(=O)Nc1cccc(-c2cncnc2)c1. The van der Waals surface area contributed by atoms with Gasteiger partial charge in [0.1, 0.15) is 6.33 Å². The lowest BCUT2D eigenvalue weighted by Crippen LogP contribution is -2.44. The van der Waals surface area contributed by atoms with Crippen LogP contribution in [-0.2, 0) is 16.0 Å². The van der Waals surface area contributed by atoms with Gasteiger partial charge in [-0.3, -0.25) is 14.9 Å². The van der Waals surface area contributed by atoms with Crippen LogP contribution in [0.1, 0.15) is 5.56 Å². The van der Waals surface area contributed by atoms with Crippen molar-refractivity contribution in [1.29, 1.82) is 0 Å². The van der Waals surface area contributed by atoms with E-state index in [0.717, 1.165) is 16.7 Å². The number of aliphatic carboxylic acids is 1. The topological polar surface area (TPSA) is 104 Å². The maximum Gasteiger partial charge on any atom is 0.317 e. The van der Waals surface area contributed by atoms with E-state index in [-0.39, 0.29) is 24.9 Å². The highest BCUT2D eigenvalue weighted by molar-refractivity contribution is 5.95. The standard InChI is InChI=1S/C21H20N4O3.ClH/c26-20(27)13-24-19(9-15-5-2-1-3-6-15)21(28)25-18-8-4-7-16(10-18)17-11-22-14-23-12-17;/h1-8,10-12,14,19,24H,9,13H2,(H,25,28)(H,26,27);1H/t19-;/m0./s1. The predicted molar refractivity (Wildman–Crippen MR) is 113 cm³/mol. The monoisotopic (exact) mass is 412 g/mol. The van der Waals surface area contributed by atoms with Gasteiger partial charge in [0.25, 0.3) is 0 Å². The molecule has 0 saturated heterocycles. The zero-order chi connectivity index (χ0) is 19.8. The number of carboxylic acid groups (broad SMARTS) is 1. The summed E-state index contributed by atoms with van der Waals surface area (Å²) in [6, 6.07) is 16.1. The molecule has 0 unspecified atom stereocenters. The number of nitrogens with zero attached hydrogens (tertiary/aromatic N) is 2. The molecule has 0 radical (unpaired) electrons. The van der Waals surface area contributed by atoms with Gasteiger partial charge in [-0.15, -0.1) is 12.4 Å². The van der Waals surface area contributed by atoms with Gasteiger partial charge in [-0.05, 0) is 29.7 Å². The molecule has 1 aromatic heterocycles. The minimum atomic E-state index is -1.02. The first-order chi connectivity index (χ1) is 13.6. The fourth-order valence-electron chi connectivity index (χ4n) is 2.77. The molecule has 0 bridgehead atoms. The third-order valence-corrected chi connectivity index (χ3v) is 4.12. The second kappa shape index (κ2) is 10.9. The van der Waals surface area contributed by atoms with Gasteiger partial charge in [0.05, 0.1) is 12.6 Å². The summed E-state index contributed by atoms with van der Waals surface area (Å²) in [5.74, 6) is -1.32. The number of hydrogen-bond acceptors (Lipinski definition) is 5. The molecular formula is C21H21ClN4O3. The van der Waals surface area contributed by atoms with Crippen molar-refractivity contribution in [3.05, 3.63) is 78.9 Å². The van der Waals surface area contributed by atoms with E-state index >= 15 is 0 Å².